The first-order valence-electron chi connectivity index (χ1n) is 6.34. The van der Waals surface area contributed by atoms with Gasteiger partial charge < -0.3 is 10.2 Å². The highest BCUT2D eigenvalue weighted by Crippen LogP contribution is 2.24. The van der Waals surface area contributed by atoms with Crippen LogP contribution in [0, 0.1) is 10.1 Å². The molecule has 0 bridgehead atoms. The molecule has 20 heavy (non-hydrogen) atoms. The zero-order chi connectivity index (χ0) is 14.7. The van der Waals surface area contributed by atoms with Crippen molar-refractivity contribution in [2.45, 2.75) is 25.8 Å². The highest BCUT2D eigenvalue weighted by atomic mass is 35.5. The van der Waals surface area contributed by atoms with Crippen molar-refractivity contribution >= 4 is 29.0 Å². The fourth-order valence-electron chi connectivity index (χ4n) is 2.11. The van der Waals surface area contributed by atoms with E-state index in [0.29, 0.717) is 0 Å². The Morgan fingerprint density at radius 2 is 2.20 bits per heavy atom. The number of carbonyl (C=O) groups is 1. The largest absolute Gasteiger partial charge is 0.357 e. The number of nitrogens with zero attached hydrogens (tertiary/aromatic N) is 3. The first-order chi connectivity index (χ1) is 9.49. The highest BCUT2D eigenvalue weighted by molar-refractivity contribution is 6.33. The minimum atomic E-state index is -0.568. The lowest BCUT2D eigenvalue weighted by Gasteiger charge is -2.21. The van der Waals surface area contributed by atoms with E-state index in [-0.39, 0.29) is 22.4 Å². The number of likely N-dealkylation sites (tertiary alicyclic amines) is 1. The van der Waals surface area contributed by atoms with Gasteiger partial charge in [0.25, 0.3) is 5.69 Å². The van der Waals surface area contributed by atoms with Crippen molar-refractivity contribution in [3.8, 4) is 0 Å². The van der Waals surface area contributed by atoms with E-state index in [2.05, 4.69) is 10.3 Å². The van der Waals surface area contributed by atoms with Crippen molar-refractivity contribution in [1.82, 2.24) is 9.88 Å². The van der Waals surface area contributed by atoms with Crippen LogP contribution in [0.1, 0.15) is 19.8 Å². The summed E-state index contributed by atoms with van der Waals surface area (Å²) in [6.07, 6.45) is 3.16. The summed E-state index contributed by atoms with van der Waals surface area (Å²) in [5.41, 5.74) is -0.181. The zero-order valence-corrected chi connectivity index (χ0v) is 11.8. The van der Waals surface area contributed by atoms with Gasteiger partial charge in [-0.05, 0) is 19.8 Å². The van der Waals surface area contributed by atoms with Crippen LogP contribution in [0.3, 0.4) is 0 Å². The predicted octanol–water partition coefficient (Wildman–Crippen LogP) is 2.07. The molecular formula is C12H15ClN4O3. The summed E-state index contributed by atoms with van der Waals surface area (Å²) in [5, 5.41) is 13.6. The van der Waals surface area contributed by atoms with Crippen molar-refractivity contribution in [2.24, 2.45) is 0 Å². The predicted molar refractivity (Wildman–Crippen MR) is 74.8 cm³/mol. The minimum Gasteiger partial charge on any atom is -0.357 e. The van der Waals surface area contributed by atoms with Gasteiger partial charge in [0.2, 0.25) is 5.91 Å². The van der Waals surface area contributed by atoms with E-state index in [1.807, 2.05) is 0 Å². The molecule has 1 unspecified atom stereocenters. The SMILES string of the molecule is CC(Nc1ncc([N+](=O)[O-])cc1Cl)C(=O)N1CCCC1. The first-order valence-corrected chi connectivity index (χ1v) is 6.72. The number of anilines is 1. The maximum Gasteiger partial charge on any atom is 0.289 e. The van der Waals surface area contributed by atoms with E-state index in [4.69, 9.17) is 11.6 Å². The monoisotopic (exact) mass is 298 g/mol. The maximum atomic E-state index is 12.1. The van der Waals surface area contributed by atoms with Gasteiger partial charge in [0.1, 0.15) is 18.1 Å². The number of carbonyl (C=O) groups excluding carboxylic acids is 1. The molecule has 0 radical (unpaired) electrons. The number of hydrogen-bond acceptors (Lipinski definition) is 5. The standard InChI is InChI=1S/C12H15ClN4O3/c1-8(12(18)16-4-2-3-5-16)15-11-10(13)6-9(7-14-11)17(19)20/h6-8H,2-5H2,1H3,(H,14,15). The fourth-order valence-corrected chi connectivity index (χ4v) is 2.33. The summed E-state index contributed by atoms with van der Waals surface area (Å²) < 4.78 is 0. The molecule has 1 saturated heterocycles. The molecule has 7 nitrogen and oxygen atoms in total. The van der Waals surface area contributed by atoms with E-state index < -0.39 is 11.0 Å². The minimum absolute atomic E-state index is 0.0151. The highest BCUT2D eigenvalue weighted by Gasteiger charge is 2.24. The molecule has 2 rings (SSSR count). The van der Waals surface area contributed by atoms with Crippen LogP contribution in [0.4, 0.5) is 11.5 Å². The Labute approximate surface area is 121 Å². The lowest BCUT2D eigenvalue weighted by Crippen LogP contribution is -2.39. The van der Waals surface area contributed by atoms with Crippen LogP contribution in [0.25, 0.3) is 0 Å². The van der Waals surface area contributed by atoms with Gasteiger partial charge in [-0.25, -0.2) is 4.98 Å². The maximum absolute atomic E-state index is 12.1. The van der Waals surface area contributed by atoms with Gasteiger partial charge in [-0.15, -0.1) is 0 Å². The van der Waals surface area contributed by atoms with E-state index >= 15 is 0 Å². The Bertz CT molecular complexity index is 531. The van der Waals surface area contributed by atoms with E-state index in [9.17, 15) is 14.9 Å². The Kier molecular flexibility index (Phi) is 4.39. The molecule has 0 aromatic carbocycles. The Balaban J connectivity index is 2.05. The van der Waals surface area contributed by atoms with Gasteiger partial charge in [-0.1, -0.05) is 11.6 Å². The van der Waals surface area contributed by atoms with Gasteiger partial charge in [-0.2, -0.15) is 0 Å². The van der Waals surface area contributed by atoms with Crippen LogP contribution in [-0.4, -0.2) is 39.8 Å². The Hall–Kier alpha value is -1.89. The number of rotatable bonds is 4. The van der Waals surface area contributed by atoms with Crippen molar-refractivity contribution in [3.05, 3.63) is 27.4 Å². The summed E-state index contributed by atoms with van der Waals surface area (Å²) in [5.74, 6) is 0.260. The number of pyridine rings is 1. The molecule has 108 valence electrons. The van der Waals surface area contributed by atoms with Crippen LogP contribution in [-0.2, 0) is 4.79 Å². The third-order valence-electron chi connectivity index (χ3n) is 3.18. The number of halogens is 1. The molecule has 1 aromatic rings. The smallest absolute Gasteiger partial charge is 0.289 e. The van der Waals surface area contributed by atoms with E-state index in [1.165, 1.54) is 6.07 Å². The van der Waals surface area contributed by atoms with Crippen LogP contribution < -0.4 is 5.32 Å². The third kappa shape index (κ3) is 3.16. The Morgan fingerprint density at radius 3 is 2.75 bits per heavy atom. The lowest BCUT2D eigenvalue weighted by atomic mass is 10.3. The zero-order valence-electron chi connectivity index (χ0n) is 11.0. The molecule has 1 aliphatic rings. The molecule has 1 aromatic heterocycles. The molecule has 1 amide bonds. The van der Waals surface area contributed by atoms with Gasteiger partial charge in [0.15, 0.2) is 0 Å². The molecule has 0 aliphatic carbocycles. The van der Waals surface area contributed by atoms with Crippen LogP contribution in [0.2, 0.25) is 5.02 Å². The van der Waals surface area contributed by atoms with Gasteiger partial charge in [0, 0.05) is 19.2 Å². The average Bonchev–Trinajstić information content (AvgIpc) is 2.93. The molecule has 2 heterocycles. The van der Waals surface area contributed by atoms with Gasteiger partial charge in [-0.3, -0.25) is 14.9 Å². The summed E-state index contributed by atoms with van der Waals surface area (Å²) in [6.45, 7) is 3.26. The lowest BCUT2D eigenvalue weighted by molar-refractivity contribution is -0.385. The summed E-state index contributed by atoms with van der Waals surface area (Å²) >= 11 is 5.93. The second kappa shape index (κ2) is 6.04. The molecule has 8 heteroatoms. The van der Waals surface area contributed by atoms with Crippen molar-refractivity contribution in [1.29, 1.82) is 0 Å². The molecule has 0 spiro atoms. The summed E-state index contributed by atoms with van der Waals surface area (Å²) in [6, 6.07) is 0.740. The molecule has 0 saturated carbocycles. The number of nitro groups is 1. The second-order valence-electron chi connectivity index (χ2n) is 4.68. The van der Waals surface area contributed by atoms with Gasteiger partial charge >= 0.3 is 0 Å². The topological polar surface area (TPSA) is 88.4 Å². The van der Waals surface area contributed by atoms with E-state index in [0.717, 1.165) is 32.1 Å². The van der Waals surface area contributed by atoms with Crippen LogP contribution >= 0.6 is 11.6 Å². The molecule has 1 atom stereocenters. The molecule has 1 aliphatic heterocycles. The normalized spacial score (nSPS) is 16.0. The molecule has 1 fully saturated rings. The number of hydrogen-bond donors (Lipinski definition) is 1. The van der Waals surface area contributed by atoms with Crippen LogP contribution in [0.15, 0.2) is 12.3 Å². The Morgan fingerprint density at radius 1 is 1.55 bits per heavy atom. The number of aromatic nitrogens is 1. The third-order valence-corrected chi connectivity index (χ3v) is 3.47. The van der Waals surface area contributed by atoms with Crippen LogP contribution in [0.5, 0.6) is 0 Å². The number of amides is 1. The molecule has 1 N–H and O–H groups in total. The summed E-state index contributed by atoms with van der Waals surface area (Å²) in [4.78, 5) is 27.8. The molecular weight excluding hydrogens is 284 g/mol. The van der Waals surface area contributed by atoms with Crippen molar-refractivity contribution in [2.75, 3.05) is 18.4 Å². The van der Waals surface area contributed by atoms with E-state index in [1.54, 1.807) is 11.8 Å². The van der Waals surface area contributed by atoms with Crippen molar-refractivity contribution in [3.63, 3.8) is 0 Å². The van der Waals surface area contributed by atoms with Crippen molar-refractivity contribution < 1.29 is 9.72 Å². The van der Waals surface area contributed by atoms with Gasteiger partial charge in [0.05, 0.1) is 9.95 Å². The quantitative estimate of drug-likeness (QED) is 0.679. The second-order valence-corrected chi connectivity index (χ2v) is 5.09. The summed E-state index contributed by atoms with van der Waals surface area (Å²) in [7, 11) is 0. The first kappa shape index (κ1) is 14.5. The number of nitrogens with one attached hydrogen (secondary N) is 1. The fraction of sp³-hybridized carbons (Fsp3) is 0.500. The average molecular weight is 299 g/mol.